The van der Waals surface area contributed by atoms with E-state index in [1.807, 2.05) is 54.6 Å². The first-order valence-electron chi connectivity index (χ1n) is 11.8. The first kappa shape index (κ1) is 23.5. The quantitative estimate of drug-likeness (QED) is 0.245. The van der Waals surface area contributed by atoms with Gasteiger partial charge in [-0.25, -0.2) is 9.78 Å². The van der Waals surface area contributed by atoms with Crippen molar-refractivity contribution in [2.45, 2.75) is 39.2 Å². The molecule has 0 bridgehead atoms. The van der Waals surface area contributed by atoms with E-state index in [2.05, 4.69) is 25.8 Å². The van der Waals surface area contributed by atoms with Gasteiger partial charge in [0.1, 0.15) is 17.6 Å². The number of carbonyl (C=O) groups excluding carboxylic acids is 1. The van der Waals surface area contributed by atoms with Crippen LogP contribution in [0, 0.1) is 21.4 Å². The lowest BCUT2D eigenvalue weighted by Crippen LogP contribution is -2.53. The second-order valence-corrected chi connectivity index (χ2v) is 10.3. The predicted molar refractivity (Wildman–Crippen MR) is 136 cm³/mol. The van der Waals surface area contributed by atoms with Crippen LogP contribution >= 0.6 is 0 Å². The molecule has 184 valence electrons. The summed E-state index contributed by atoms with van der Waals surface area (Å²) in [7, 11) is 0. The van der Waals surface area contributed by atoms with Gasteiger partial charge in [-0.3, -0.25) is 10.1 Å². The molecule has 2 N–H and O–H groups in total. The number of furan rings is 1. The number of nitrogens with two attached hydrogens (primary N) is 1. The number of primary amides is 1. The molecule has 2 atom stereocenters. The van der Waals surface area contributed by atoms with E-state index < -0.39 is 16.6 Å². The number of fused-ring (bicyclic) bond motifs is 1. The van der Waals surface area contributed by atoms with Gasteiger partial charge in [0.2, 0.25) is 5.71 Å². The summed E-state index contributed by atoms with van der Waals surface area (Å²) in [4.78, 5) is 27.0. The van der Waals surface area contributed by atoms with E-state index in [9.17, 15) is 14.9 Å². The molecule has 5 rings (SSSR count). The molecule has 1 aliphatic rings. The second kappa shape index (κ2) is 8.48. The van der Waals surface area contributed by atoms with Gasteiger partial charge in [-0.1, -0.05) is 75.4 Å². The number of ether oxygens (including phenoxy) is 1. The third-order valence-corrected chi connectivity index (χ3v) is 7.14. The minimum absolute atomic E-state index is 0.0774. The van der Waals surface area contributed by atoms with Crippen molar-refractivity contribution in [3.8, 4) is 22.5 Å². The summed E-state index contributed by atoms with van der Waals surface area (Å²) in [5, 5.41) is 12.0. The average molecular weight is 486 g/mol. The van der Waals surface area contributed by atoms with E-state index in [1.54, 1.807) is 0 Å². The summed E-state index contributed by atoms with van der Waals surface area (Å²) >= 11 is 0. The Bertz CT molecular complexity index is 1450. The third-order valence-electron chi connectivity index (χ3n) is 7.14. The van der Waals surface area contributed by atoms with Crippen LogP contribution in [0.3, 0.4) is 0 Å². The Morgan fingerprint density at radius 1 is 1.14 bits per heavy atom. The number of carbonyl (C=O) groups is 1. The molecule has 8 heteroatoms. The standard InChI is InChI=1S/C28H27N3O5/c1-27(2,3)22-13-14-28(22,36-26(29)32)19-11-9-18(10-12-19)24-23(17-7-5-4-6-8-17)21-15-20(31(33)34)16-30-25(21)35-24/h4-12,15-16,22H,13-14H2,1-3H3,(H2,29,32). The van der Waals surface area contributed by atoms with Crippen molar-refractivity contribution in [2.75, 3.05) is 0 Å². The Hall–Kier alpha value is -4.20. The monoisotopic (exact) mass is 485 g/mol. The van der Waals surface area contributed by atoms with Gasteiger partial charge >= 0.3 is 6.09 Å². The fourth-order valence-corrected chi connectivity index (χ4v) is 5.46. The highest BCUT2D eigenvalue weighted by molar-refractivity contribution is 6.01. The van der Waals surface area contributed by atoms with E-state index in [4.69, 9.17) is 14.9 Å². The molecule has 1 saturated carbocycles. The first-order chi connectivity index (χ1) is 17.1. The Labute approximate surface area is 208 Å². The van der Waals surface area contributed by atoms with Crippen molar-refractivity contribution in [3.05, 3.63) is 82.5 Å². The number of pyridine rings is 1. The van der Waals surface area contributed by atoms with Crippen LogP contribution in [0.15, 0.2) is 71.3 Å². The normalized spacial score (nSPS) is 19.6. The fourth-order valence-electron chi connectivity index (χ4n) is 5.46. The number of aromatic nitrogens is 1. The lowest BCUT2D eigenvalue weighted by atomic mass is 9.56. The van der Waals surface area contributed by atoms with Gasteiger partial charge in [0.15, 0.2) is 0 Å². The van der Waals surface area contributed by atoms with Gasteiger partial charge in [0.25, 0.3) is 5.69 Å². The van der Waals surface area contributed by atoms with Crippen LogP contribution in [0.2, 0.25) is 0 Å². The maximum Gasteiger partial charge on any atom is 0.405 e. The molecule has 36 heavy (non-hydrogen) atoms. The zero-order chi connectivity index (χ0) is 25.7. The molecule has 2 aromatic carbocycles. The number of hydrogen-bond acceptors (Lipinski definition) is 6. The van der Waals surface area contributed by atoms with Crippen molar-refractivity contribution in [1.82, 2.24) is 4.98 Å². The summed E-state index contributed by atoms with van der Waals surface area (Å²) in [5.41, 5.74) is 8.08. The van der Waals surface area contributed by atoms with Crippen LogP contribution in [-0.2, 0) is 10.3 Å². The highest BCUT2D eigenvalue weighted by Gasteiger charge is 2.55. The number of nitro groups is 1. The van der Waals surface area contributed by atoms with E-state index in [1.165, 1.54) is 12.3 Å². The zero-order valence-corrected chi connectivity index (χ0v) is 20.4. The topological polar surface area (TPSA) is 121 Å². The van der Waals surface area contributed by atoms with Gasteiger partial charge in [-0.2, -0.15) is 0 Å². The van der Waals surface area contributed by atoms with Crippen molar-refractivity contribution in [3.63, 3.8) is 0 Å². The highest BCUT2D eigenvalue weighted by atomic mass is 16.6. The summed E-state index contributed by atoms with van der Waals surface area (Å²) in [5.74, 6) is 0.681. The molecule has 8 nitrogen and oxygen atoms in total. The van der Waals surface area contributed by atoms with Gasteiger partial charge in [0.05, 0.1) is 10.3 Å². The van der Waals surface area contributed by atoms with E-state index >= 15 is 0 Å². The molecular formula is C28H27N3O5. The number of amides is 1. The minimum Gasteiger partial charge on any atom is -0.438 e. The summed E-state index contributed by atoms with van der Waals surface area (Å²) in [6.07, 6.45) is 2.04. The molecule has 2 unspecified atom stereocenters. The molecule has 2 aromatic heterocycles. The van der Waals surface area contributed by atoms with Crippen molar-refractivity contribution >= 4 is 22.9 Å². The number of hydrogen-bond donors (Lipinski definition) is 1. The lowest BCUT2D eigenvalue weighted by molar-refractivity contribution is -0.385. The molecule has 2 heterocycles. The SMILES string of the molecule is CC(C)(C)C1CCC1(OC(N)=O)c1ccc(-c2oc3ncc([N+](=O)[O-])cc3c2-c2ccccc2)cc1. The summed E-state index contributed by atoms with van der Waals surface area (Å²) in [6.45, 7) is 6.41. The van der Waals surface area contributed by atoms with Gasteiger partial charge in [-0.15, -0.1) is 0 Å². The largest absolute Gasteiger partial charge is 0.438 e. The lowest BCUT2D eigenvalue weighted by Gasteiger charge is -2.54. The fraction of sp³-hybridized carbons (Fsp3) is 0.286. The van der Waals surface area contributed by atoms with Crippen LogP contribution in [0.5, 0.6) is 0 Å². The Morgan fingerprint density at radius 3 is 2.39 bits per heavy atom. The average Bonchev–Trinajstić information content (AvgIpc) is 3.20. The maximum absolute atomic E-state index is 11.8. The van der Waals surface area contributed by atoms with Gasteiger partial charge in [0, 0.05) is 23.1 Å². The highest BCUT2D eigenvalue weighted by Crippen LogP contribution is 2.57. The molecular weight excluding hydrogens is 458 g/mol. The second-order valence-electron chi connectivity index (χ2n) is 10.3. The van der Waals surface area contributed by atoms with Crippen molar-refractivity contribution in [2.24, 2.45) is 17.1 Å². The number of benzene rings is 2. The van der Waals surface area contributed by atoms with Crippen molar-refractivity contribution < 1.29 is 18.9 Å². The molecule has 0 saturated heterocycles. The Kier molecular flexibility index (Phi) is 5.54. The van der Waals surface area contributed by atoms with Gasteiger partial charge < -0.3 is 14.9 Å². The summed E-state index contributed by atoms with van der Waals surface area (Å²) in [6, 6.07) is 18.8. The molecule has 0 aliphatic heterocycles. The zero-order valence-electron chi connectivity index (χ0n) is 20.4. The van der Waals surface area contributed by atoms with E-state index in [0.717, 1.165) is 28.7 Å². The third kappa shape index (κ3) is 3.88. The molecule has 0 radical (unpaired) electrons. The van der Waals surface area contributed by atoms with E-state index in [0.29, 0.717) is 23.3 Å². The van der Waals surface area contributed by atoms with Crippen LogP contribution in [0.1, 0.15) is 39.2 Å². The van der Waals surface area contributed by atoms with Crippen molar-refractivity contribution in [1.29, 1.82) is 0 Å². The Morgan fingerprint density at radius 2 is 1.83 bits per heavy atom. The molecule has 0 spiro atoms. The van der Waals surface area contributed by atoms with Crippen LogP contribution in [0.25, 0.3) is 33.6 Å². The predicted octanol–water partition coefficient (Wildman–Crippen LogP) is 6.82. The molecule has 1 amide bonds. The molecule has 4 aromatic rings. The van der Waals surface area contributed by atoms with Crippen LogP contribution < -0.4 is 5.73 Å². The Balaban J connectivity index is 1.63. The minimum atomic E-state index is -0.788. The van der Waals surface area contributed by atoms with Crippen LogP contribution in [0.4, 0.5) is 10.5 Å². The summed E-state index contributed by atoms with van der Waals surface area (Å²) < 4.78 is 11.9. The number of rotatable bonds is 5. The van der Waals surface area contributed by atoms with Gasteiger partial charge in [-0.05, 0) is 29.4 Å². The molecule has 1 fully saturated rings. The van der Waals surface area contributed by atoms with E-state index in [-0.39, 0.29) is 17.0 Å². The molecule has 1 aliphatic carbocycles. The maximum atomic E-state index is 11.8. The smallest absolute Gasteiger partial charge is 0.405 e. The number of nitrogens with zero attached hydrogens (tertiary/aromatic N) is 2. The van der Waals surface area contributed by atoms with Crippen LogP contribution in [-0.4, -0.2) is 16.0 Å². The first-order valence-corrected chi connectivity index (χ1v) is 11.8.